The van der Waals surface area contributed by atoms with Gasteiger partial charge >= 0.3 is 6.18 Å². The van der Waals surface area contributed by atoms with Gasteiger partial charge in [0.2, 0.25) is 5.95 Å². The maximum Gasteiger partial charge on any atom is 0.413 e. The van der Waals surface area contributed by atoms with Crippen LogP contribution in [-0.2, 0) is 9.84 Å². The summed E-state index contributed by atoms with van der Waals surface area (Å²) in [5, 5.41) is 17.7. The van der Waals surface area contributed by atoms with Crippen molar-refractivity contribution in [3.05, 3.63) is 70.2 Å². The van der Waals surface area contributed by atoms with Crippen LogP contribution in [0.2, 0.25) is 5.02 Å². The van der Waals surface area contributed by atoms with E-state index in [0.717, 1.165) is 17.3 Å². The number of nitriles is 1. The molecular weight excluding hydrogens is 624 g/mol. The van der Waals surface area contributed by atoms with E-state index in [1.165, 1.54) is 18.5 Å². The van der Waals surface area contributed by atoms with Crippen molar-refractivity contribution in [2.45, 2.75) is 56.1 Å². The molecule has 0 bridgehead atoms. The monoisotopic (exact) mass is 652 g/mol. The molecule has 44 heavy (non-hydrogen) atoms. The number of hydrogen-bond acceptors (Lipinski definition) is 10. The van der Waals surface area contributed by atoms with E-state index in [1.54, 1.807) is 32.9 Å². The van der Waals surface area contributed by atoms with Crippen LogP contribution in [0.5, 0.6) is 0 Å². The van der Waals surface area contributed by atoms with Crippen molar-refractivity contribution in [1.29, 1.82) is 5.26 Å². The summed E-state index contributed by atoms with van der Waals surface area (Å²) in [5.74, 6) is -0.719. The van der Waals surface area contributed by atoms with Crippen LogP contribution in [0.4, 0.5) is 28.9 Å². The van der Waals surface area contributed by atoms with Crippen molar-refractivity contribution in [3.63, 3.8) is 0 Å². The highest BCUT2D eigenvalue weighted by Crippen LogP contribution is 2.53. The van der Waals surface area contributed by atoms with Crippen molar-refractivity contribution in [1.82, 2.24) is 25.9 Å². The number of alkyl halides is 3. The predicted molar refractivity (Wildman–Crippen MR) is 158 cm³/mol. The summed E-state index contributed by atoms with van der Waals surface area (Å²) in [6.07, 6.45) is -0.864. The Balaban J connectivity index is 1.58. The fourth-order valence-corrected chi connectivity index (χ4v) is 5.47. The zero-order valence-corrected chi connectivity index (χ0v) is 25.6. The summed E-state index contributed by atoms with van der Waals surface area (Å²) >= 11 is 6.63. The van der Waals surface area contributed by atoms with Gasteiger partial charge in [-0.05, 0) is 51.8 Å². The molecule has 1 saturated carbocycles. The van der Waals surface area contributed by atoms with Crippen LogP contribution in [0.1, 0.15) is 49.6 Å². The number of pyridine rings is 2. The first-order valence-electron chi connectivity index (χ1n) is 13.4. The van der Waals surface area contributed by atoms with Crippen molar-refractivity contribution in [3.8, 4) is 6.07 Å². The van der Waals surface area contributed by atoms with E-state index >= 15 is 0 Å². The second-order valence-electron chi connectivity index (χ2n) is 11.5. The van der Waals surface area contributed by atoms with Gasteiger partial charge in [0.05, 0.1) is 38.3 Å². The minimum absolute atomic E-state index is 0.0305. The highest BCUT2D eigenvalue weighted by Gasteiger charge is 2.67. The molecule has 1 aliphatic heterocycles. The molecule has 1 fully saturated rings. The van der Waals surface area contributed by atoms with Gasteiger partial charge in [0.15, 0.2) is 15.4 Å². The number of nitrogens with zero attached hydrogens (tertiary/aromatic N) is 4. The lowest BCUT2D eigenvalue weighted by Crippen LogP contribution is -2.52. The predicted octanol–water partition coefficient (Wildman–Crippen LogP) is 5.25. The first-order valence-corrected chi connectivity index (χ1v) is 15.7. The van der Waals surface area contributed by atoms with Gasteiger partial charge < -0.3 is 16.1 Å². The molecule has 3 aromatic rings. The number of aryl methyl sites for hydroxylation is 1. The molecule has 0 unspecified atom stereocenters. The van der Waals surface area contributed by atoms with Crippen LogP contribution in [0.3, 0.4) is 0 Å². The van der Waals surface area contributed by atoms with E-state index in [1.807, 2.05) is 0 Å². The Kier molecular flexibility index (Phi) is 7.84. The maximum absolute atomic E-state index is 13.9. The first-order chi connectivity index (χ1) is 20.5. The summed E-state index contributed by atoms with van der Waals surface area (Å²) in [4.78, 5) is 8.20. The number of anilines is 2. The molecule has 10 nitrogen and oxygen atoms in total. The summed E-state index contributed by atoms with van der Waals surface area (Å²) in [7, 11) is -3.47. The minimum atomic E-state index is -4.48. The smallest absolute Gasteiger partial charge is 0.382 e. The van der Waals surface area contributed by atoms with Gasteiger partial charge in [-0.25, -0.2) is 13.4 Å². The number of hydrazine groups is 2. The van der Waals surface area contributed by atoms with Crippen LogP contribution < -0.4 is 21.6 Å². The summed E-state index contributed by atoms with van der Waals surface area (Å²) in [6.45, 7) is 4.66. The van der Waals surface area contributed by atoms with Gasteiger partial charge in [0, 0.05) is 47.5 Å². The van der Waals surface area contributed by atoms with E-state index < -0.39 is 38.3 Å². The minimum Gasteiger partial charge on any atom is -0.382 e. The number of rotatable bonds is 9. The lowest BCUT2D eigenvalue weighted by Gasteiger charge is -2.28. The lowest BCUT2D eigenvalue weighted by molar-refractivity contribution is -0.195. The molecular formula is C28H29ClF4N8O2S. The second-order valence-corrected chi connectivity index (χ2v) is 14.6. The highest BCUT2D eigenvalue weighted by atomic mass is 35.5. The molecule has 234 valence electrons. The number of hydrogen-bond donors (Lipinski definition) is 4. The SMILES string of the molecule is Cc1nc(F)ccc1[C@H](Nc1cc(Cl)c2ncc(C#N)c(NCC(C)(C)S(C)(=O)=O)c2c1)C1=CN(C2(C(F)(F)F)CC2)NN1. The van der Waals surface area contributed by atoms with Gasteiger partial charge in [-0.1, -0.05) is 17.7 Å². The number of fused-ring (bicyclic) bond motifs is 1. The molecule has 5 rings (SSSR count). The number of sulfone groups is 1. The first kappa shape index (κ1) is 31.6. The van der Waals surface area contributed by atoms with E-state index in [9.17, 15) is 31.2 Å². The Hall–Kier alpha value is -3.87. The summed E-state index contributed by atoms with van der Waals surface area (Å²) in [6, 6.07) is 7.04. The van der Waals surface area contributed by atoms with Gasteiger partial charge in [0.1, 0.15) is 6.07 Å². The third-order valence-electron chi connectivity index (χ3n) is 8.07. The number of aromatic nitrogens is 2. The number of halogens is 5. The molecule has 1 atom stereocenters. The third kappa shape index (κ3) is 5.69. The molecule has 2 aromatic heterocycles. The van der Waals surface area contributed by atoms with Crippen LogP contribution in [-0.4, -0.2) is 52.7 Å². The number of nitrogens with one attached hydrogen (secondary N) is 4. The molecule has 3 heterocycles. The molecule has 16 heteroatoms. The average molecular weight is 653 g/mol. The normalized spacial score (nSPS) is 17.1. The molecule has 1 aromatic carbocycles. The van der Waals surface area contributed by atoms with Crippen molar-refractivity contribution in [2.24, 2.45) is 0 Å². The van der Waals surface area contributed by atoms with Crippen LogP contribution >= 0.6 is 11.6 Å². The maximum atomic E-state index is 13.9. The molecule has 0 spiro atoms. The quantitative estimate of drug-likeness (QED) is 0.179. The van der Waals surface area contributed by atoms with E-state index in [0.29, 0.717) is 39.2 Å². The standard InChI is InChI=1S/C28H29ClF4N8O2S/c1-15-18(5-6-22(30)37-15)25(21-13-41(40-39-21)27(7-8-27)28(31,32)33)38-17-9-19-23(36-14-26(2,3)44(4,42)43)16(11-34)12-35-24(19)20(29)10-17/h5-6,9-10,12-13,25,38-40H,7-8,14H2,1-4H3,(H,35,36)/t25-/m0/s1. The van der Waals surface area contributed by atoms with Crippen molar-refractivity contribution >= 4 is 43.7 Å². The van der Waals surface area contributed by atoms with Crippen LogP contribution in [0.25, 0.3) is 10.9 Å². The van der Waals surface area contributed by atoms with Crippen molar-refractivity contribution < 1.29 is 26.0 Å². The lowest BCUT2D eigenvalue weighted by atomic mass is 10.0. The molecule has 0 radical (unpaired) electrons. The van der Waals surface area contributed by atoms with Gasteiger partial charge in [-0.2, -0.15) is 22.8 Å². The molecule has 2 aliphatic rings. The Morgan fingerprint density at radius 2 is 1.95 bits per heavy atom. The van der Waals surface area contributed by atoms with E-state index in [4.69, 9.17) is 11.6 Å². The van der Waals surface area contributed by atoms with Crippen LogP contribution in [0, 0.1) is 24.2 Å². The van der Waals surface area contributed by atoms with E-state index in [2.05, 4.69) is 37.6 Å². The number of benzene rings is 1. The Morgan fingerprint density at radius 3 is 2.55 bits per heavy atom. The van der Waals surface area contributed by atoms with Gasteiger partial charge in [-0.15, -0.1) is 5.53 Å². The van der Waals surface area contributed by atoms with E-state index in [-0.39, 0.29) is 30.0 Å². The zero-order chi connectivity index (χ0) is 32.2. The van der Waals surface area contributed by atoms with Crippen molar-refractivity contribution in [2.75, 3.05) is 23.4 Å². The zero-order valence-electron chi connectivity index (χ0n) is 24.1. The summed E-state index contributed by atoms with van der Waals surface area (Å²) in [5.41, 5.74) is 5.60. The molecule has 0 saturated heterocycles. The Bertz CT molecular complexity index is 1820. The van der Waals surface area contributed by atoms with Gasteiger partial charge in [0.25, 0.3) is 0 Å². The second kappa shape index (κ2) is 10.9. The summed E-state index contributed by atoms with van der Waals surface area (Å²) < 4.78 is 79.0. The molecule has 0 amide bonds. The fraction of sp³-hybridized carbons (Fsp3) is 0.393. The van der Waals surface area contributed by atoms with Gasteiger partial charge in [-0.3, -0.25) is 9.99 Å². The Morgan fingerprint density at radius 1 is 1.25 bits per heavy atom. The third-order valence-corrected chi connectivity index (χ3v) is 10.5. The molecule has 1 aliphatic carbocycles. The fourth-order valence-electron chi connectivity index (χ4n) is 4.87. The highest BCUT2D eigenvalue weighted by molar-refractivity contribution is 7.92. The molecule has 4 N–H and O–H groups in total. The Labute approximate surface area is 256 Å². The average Bonchev–Trinajstić information content (AvgIpc) is 3.61. The largest absolute Gasteiger partial charge is 0.413 e. The van der Waals surface area contributed by atoms with Crippen LogP contribution in [0.15, 0.2) is 42.4 Å². The topological polar surface area (TPSA) is 135 Å².